The number of carbonyl (C=O) groups is 1. The van der Waals surface area contributed by atoms with Crippen molar-refractivity contribution in [3.05, 3.63) is 59.1 Å². The van der Waals surface area contributed by atoms with Gasteiger partial charge in [-0.05, 0) is 30.3 Å². The van der Waals surface area contributed by atoms with Crippen molar-refractivity contribution in [3.8, 4) is 0 Å². The standard InChI is InChI=1S/C15H12ClNOS/c16-12-5-3-4-11(10-12)15(18)17-8-9-19-14-7-2-1-6-13(14)17/h1-7,10H,8-9H2. The van der Waals surface area contributed by atoms with Crippen molar-refractivity contribution in [2.75, 3.05) is 17.2 Å². The molecule has 0 unspecified atom stereocenters. The number of anilines is 1. The first-order valence-electron chi connectivity index (χ1n) is 6.05. The quantitative estimate of drug-likeness (QED) is 0.788. The first kappa shape index (κ1) is 12.6. The normalized spacial score (nSPS) is 14.1. The monoisotopic (exact) mass is 289 g/mol. The third-order valence-corrected chi connectivity index (χ3v) is 4.32. The first-order chi connectivity index (χ1) is 9.25. The lowest BCUT2D eigenvalue weighted by molar-refractivity contribution is 0.0987. The van der Waals surface area contributed by atoms with E-state index in [1.807, 2.05) is 23.1 Å². The fourth-order valence-corrected chi connectivity index (χ4v) is 3.34. The minimum absolute atomic E-state index is 0.00949. The lowest BCUT2D eigenvalue weighted by Gasteiger charge is -2.29. The molecule has 0 aliphatic carbocycles. The van der Waals surface area contributed by atoms with Crippen molar-refractivity contribution < 1.29 is 4.79 Å². The maximum absolute atomic E-state index is 12.6. The van der Waals surface area contributed by atoms with Crippen molar-refractivity contribution in [3.63, 3.8) is 0 Å². The van der Waals surface area contributed by atoms with Crippen LogP contribution in [0.2, 0.25) is 5.02 Å². The molecule has 19 heavy (non-hydrogen) atoms. The van der Waals surface area contributed by atoms with Crippen LogP contribution in [-0.2, 0) is 0 Å². The van der Waals surface area contributed by atoms with Gasteiger partial charge in [-0.15, -0.1) is 11.8 Å². The lowest BCUT2D eigenvalue weighted by Crippen LogP contribution is -2.35. The molecule has 3 rings (SSSR count). The van der Waals surface area contributed by atoms with Crippen molar-refractivity contribution in [2.45, 2.75) is 4.90 Å². The van der Waals surface area contributed by atoms with Crippen LogP contribution < -0.4 is 4.90 Å². The Bertz CT molecular complexity index is 629. The summed E-state index contributed by atoms with van der Waals surface area (Å²) in [5.74, 6) is 0.929. The first-order valence-corrected chi connectivity index (χ1v) is 7.41. The number of benzene rings is 2. The molecule has 0 spiro atoms. The molecule has 1 heterocycles. The molecule has 0 atom stereocenters. The molecule has 1 amide bonds. The van der Waals surface area contributed by atoms with Gasteiger partial charge >= 0.3 is 0 Å². The largest absolute Gasteiger partial charge is 0.306 e. The minimum Gasteiger partial charge on any atom is -0.306 e. The summed E-state index contributed by atoms with van der Waals surface area (Å²) in [6.07, 6.45) is 0. The van der Waals surface area contributed by atoms with E-state index in [-0.39, 0.29) is 5.91 Å². The number of para-hydroxylation sites is 1. The smallest absolute Gasteiger partial charge is 0.258 e. The van der Waals surface area contributed by atoms with Gasteiger partial charge in [0.05, 0.1) is 5.69 Å². The fraction of sp³-hybridized carbons (Fsp3) is 0.133. The summed E-state index contributed by atoms with van der Waals surface area (Å²) in [4.78, 5) is 15.6. The Morgan fingerprint density at radius 3 is 2.84 bits per heavy atom. The van der Waals surface area contributed by atoms with E-state index in [1.165, 1.54) is 0 Å². The lowest BCUT2D eigenvalue weighted by atomic mass is 10.1. The third kappa shape index (κ3) is 2.48. The molecular formula is C15H12ClNOS. The summed E-state index contributed by atoms with van der Waals surface area (Å²) in [7, 11) is 0. The number of nitrogens with zero attached hydrogens (tertiary/aromatic N) is 1. The second-order valence-corrected chi connectivity index (χ2v) is 5.86. The van der Waals surface area contributed by atoms with Crippen LogP contribution in [-0.4, -0.2) is 18.2 Å². The van der Waals surface area contributed by atoms with Crippen LogP contribution in [0, 0.1) is 0 Å². The average molecular weight is 290 g/mol. The van der Waals surface area contributed by atoms with Crippen LogP contribution in [0.5, 0.6) is 0 Å². The van der Waals surface area contributed by atoms with Gasteiger partial charge in [-0.25, -0.2) is 0 Å². The van der Waals surface area contributed by atoms with Crippen molar-refractivity contribution >= 4 is 35.0 Å². The van der Waals surface area contributed by atoms with E-state index >= 15 is 0 Å². The molecule has 2 aromatic carbocycles. The van der Waals surface area contributed by atoms with Gasteiger partial charge in [0.1, 0.15) is 0 Å². The Balaban J connectivity index is 1.98. The summed E-state index contributed by atoms with van der Waals surface area (Å²) >= 11 is 7.74. The molecule has 0 bridgehead atoms. The summed E-state index contributed by atoms with van der Waals surface area (Å²) in [5, 5.41) is 0.588. The summed E-state index contributed by atoms with van der Waals surface area (Å²) in [6, 6.07) is 15.1. The van der Waals surface area contributed by atoms with E-state index in [9.17, 15) is 4.79 Å². The van der Waals surface area contributed by atoms with E-state index in [1.54, 1.807) is 36.0 Å². The molecule has 0 radical (unpaired) electrons. The van der Waals surface area contributed by atoms with Crippen LogP contribution in [0.4, 0.5) is 5.69 Å². The number of rotatable bonds is 1. The Morgan fingerprint density at radius 2 is 2.00 bits per heavy atom. The van der Waals surface area contributed by atoms with Gasteiger partial charge in [0, 0.05) is 27.8 Å². The average Bonchev–Trinajstić information content (AvgIpc) is 2.46. The van der Waals surface area contributed by atoms with Crippen LogP contribution in [0.15, 0.2) is 53.4 Å². The van der Waals surface area contributed by atoms with Crippen LogP contribution in [0.3, 0.4) is 0 Å². The highest BCUT2D eigenvalue weighted by Gasteiger charge is 2.23. The molecule has 0 fully saturated rings. The number of hydrogen-bond donors (Lipinski definition) is 0. The molecule has 96 valence electrons. The fourth-order valence-electron chi connectivity index (χ4n) is 2.16. The number of hydrogen-bond acceptors (Lipinski definition) is 2. The molecule has 0 saturated heterocycles. The van der Waals surface area contributed by atoms with Gasteiger partial charge in [0.25, 0.3) is 5.91 Å². The van der Waals surface area contributed by atoms with Crippen LogP contribution in [0.1, 0.15) is 10.4 Å². The zero-order chi connectivity index (χ0) is 13.2. The Labute approximate surface area is 121 Å². The van der Waals surface area contributed by atoms with Gasteiger partial charge in [0.2, 0.25) is 0 Å². The number of fused-ring (bicyclic) bond motifs is 1. The maximum atomic E-state index is 12.6. The molecule has 4 heteroatoms. The SMILES string of the molecule is O=C(c1cccc(Cl)c1)N1CCSc2ccccc21. The number of carbonyl (C=O) groups excluding carboxylic acids is 1. The van der Waals surface area contributed by atoms with Crippen LogP contribution >= 0.6 is 23.4 Å². The third-order valence-electron chi connectivity index (χ3n) is 3.05. The second-order valence-electron chi connectivity index (χ2n) is 4.28. The van der Waals surface area contributed by atoms with Gasteiger partial charge in [-0.1, -0.05) is 29.8 Å². The van der Waals surface area contributed by atoms with Gasteiger partial charge in [-0.2, -0.15) is 0 Å². The Morgan fingerprint density at radius 1 is 1.16 bits per heavy atom. The summed E-state index contributed by atoms with van der Waals surface area (Å²) in [5.41, 5.74) is 1.62. The van der Waals surface area contributed by atoms with Gasteiger partial charge in [-0.3, -0.25) is 4.79 Å². The van der Waals surface area contributed by atoms with Gasteiger partial charge < -0.3 is 4.90 Å². The van der Waals surface area contributed by atoms with E-state index in [2.05, 4.69) is 6.07 Å². The predicted molar refractivity (Wildman–Crippen MR) is 80.3 cm³/mol. The second kappa shape index (κ2) is 5.27. The van der Waals surface area contributed by atoms with E-state index in [0.717, 1.165) is 22.9 Å². The van der Waals surface area contributed by atoms with Crippen molar-refractivity contribution in [1.29, 1.82) is 0 Å². The van der Waals surface area contributed by atoms with Crippen molar-refractivity contribution in [1.82, 2.24) is 0 Å². The molecule has 2 aromatic rings. The topological polar surface area (TPSA) is 20.3 Å². The van der Waals surface area contributed by atoms with Crippen molar-refractivity contribution in [2.24, 2.45) is 0 Å². The molecule has 2 nitrogen and oxygen atoms in total. The Kier molecular flexibility index (Phi) is 3.49. The zero-order valence-electron chi connectivity index (χ0n) is 10.2. The highest BCUT2D eigenvalue weighted by molar-refractivity contribution is 7.99. The maximum Gasteiger partial charge on any atom is 0.258 e. The number of halogens is 1. The highest BCUT2D eigenvalue weighted by atomic mass is 35.5. The molecule has 1 aliphatic rings. The Hall–Kier alpha value is -1.45. The summed E-state index contributed by atoms with van der Waals surface area (Å²) < 4.78 is 0. The van der Waals surface area contributed by atoms with Crippen LogP contribution in [0.25, 0.3) is 0 Å². The number of thioether (sulfide) groups is 1. The predicted octanol–water partition coefficient (Wildman–Crippen LogP) is 4.09. The zero-order valence-corrected chi connectivity index (χ0v) is 11.7. The molecule has 1 aliphatic heterocycles. The molecule has 0 aromatic heterocycles. The van der Waals surface area contributed by atoms with E-state index in [4.69, 9.17) is 11.6 Å². The van der Waals surface area contributed by atoms with Gasteiger partial charge in [0.15, 0.2) is 0 Å². The summed E-state index contributed by atoms with van der Waals surface area (Å²) in [6.45, 7) is 0.729. The molecular weight excluding hydrogens is 278 g/mol. The van der Waals surface area contributed by atoms with E-state index in [0.29, 0.717) is 10.6 Å². The number of amides is 1. The minimum atomic E-state index is 0.00949. The molecule has 0 N–H and O–H groups in total. The highest BCUT2D eigenvalue weighted by Crippen LogP contribution is 2.35. The van der Waals surface area contributed by atoms with E-state index < -0.39 is 0 Å². The molecule has 0 saturated carbocycles.